The van der Waals surface area contributed by atoms with Crippen molar-refractivity contribution >= 4 is 5.82 Å². The zero-order chi connectivity index (χ0) is 18.3. The summed E-state index contributed by atoms with van der Waals surface area (Å²) in [6.45, 7) is 3.94. The second kappa shape index (κ2) is 6.07. The van der Waals surface area contributed by atoms with Crippen LogP contribution >= 0.6 is 0 Å². The van der Waals surface area contributed by atoms with E-state index in [1.165, 1.54) is 10.7 Å². The number of benzene rings is 2. The Morgan fingerprint density at radius 2 is 1.92 bits per heavy atom. The van der Waals surface area contributed by atoms with Crippen LogP contribution in [0.15, 0.2) is 47.0 Å². The van der Waals surface area contributed by atoms with E-state index in [2.05, 4.69) is 20.5 Å². The molecule has 4 rings (SSSR count). The van der Waals surface area contributed by atoms with Crippen LogP contribution in [0.25, 0.3) is 28.7 Å². The molecule has 0 aliphatic rings. The van der Waals surface area contributed by atoms with Gasteiger partial charge in [0.15, 0.2) is 11.5 Å². The van der Waals surface area contributed by atoms with Gasteiger partial charge in [-0.05, 0) is 43.2 Å². The number of anilines is 1. The van der Waals surface area contributed by atoms with Gasteiger partial charge in [-0.25, -0.2) is 4.39 Å². The van der Waals surface area contributed by atoms with Gasteiger partial charge >= 0.3 is 0 Å². The monoisotopic (exact) mass is 350 g/mol. The quantitative estimate of drug-likeness (QED) is 0.609. The lowest BCUT2D eigenvalue weighted by Crippen LogP contribution is -2.04. The van der Waals surface area contributed by atoms with Crippen LogP contribution < -0.4 is 5.73 Å². The fourth-order valence-corrected chi connectivity index (χ4v) is 2.64. The summed E-state index contributed by atoms with van der Waals surface area (Å²) in [5.74, 6) is 0.0328. The van der Waals surface area contributed by atoms with Crippen molar-refractivity contribution in [3.8, 4) is 28.7 Å². The lowest BCUT2D eigenvalue weighted by Gasteiger charge is -2.07. The highest BCUT2D eigenvalue weighted by Crippen LogP contribution is 2.28. The summed E-state index contributed by atoms with van der Waals surface area (Å²) < 4.78 is 20.6. The highest BCUT2D eigenvalue weighted by molar-refractivity contribution is 5.67. The molecular weight excluding hydrogens is 335 g/mol. The maximum atomic E-state index is 13.9. The number of nitrogens with zero attached hydrogens (tertiary/aromatic N) is 5. The van der Waals surface area contributed by atoms with E-state index in [9.17, 15) is 4.39 Å². The van der Waals surface area contributed by atoms with Crippen LogP contribution in [0.3, 0.4) is 0 Å². The minimum Gasteiger partial charge on any atom is -0.382 e. The van der Waals surface area contributed by atoms with Gasteiger partial charge in [0.2, 0.25) is 5.82 Å². The molecule has 2 heterocycles. The SMILES string of the molecule is Cc1ccc(C)c(-n2nnc(-c3nc(-c4ccccc4F)no3)c2N)c1. The molecule has 26 heavy (non-hydrogen) atoms. The van der Waals surface area contributed by atoms with Gasteiger partial charge in [-0.15, -0.1) is 5.10 Å². The standard InChI is InChI=1S/C18H15FN6O/c1-10-7-8-11(2)14(9-10)25-16(20)15(22-24-25)18-21-17(23-26-18)12-5-3-4-6-13(12)19/h3-9H,20H2,1-2H3. The summed E-state index contributed by atoms with van der Waals surface area (Å²) >= 11 is 0. The molecule has 4 aromatic rings. The topological polar surface area (TPSA) is 95.6 Å². The summed E-state index contributed by atoms with van der Waals surface area (Å²) in [5, 5.41) is 12.0. The summed E-state index contributed by atoms with van der Waals surface area (Å²) in [7, 11) is 0. The third-order valence-electron chi connectivity index (χ3n) is 4.04. The van der Waals surface area contributed by atoms with Crippen molar-refractivity contribution in [1.29, 1.82) is 0 Å². The Labute approximate surface area is 148 Å². The van der Waals surface area contributed by atoms with E-state index in [1.807, 2.05) is 32.0 Å². The van der Waals surface area contributed by atoms with Crippen molar-refractivity contribution < 1.29 is 8.91 Å². The van der Waals surface area contributed by atoms with Crippen LogP contribution in [-0.2, 0) is 0 Å². The van der Waals surface area contributed by atoms with E-state index in [4.69, 9.17) is 10.3 Å². The smallest absolute Gasteiger partial charge is 0.282 e. The molecule has 0 unspecified atom stereocenters. The van der Waals surface area contributed by atoms with Crippen LogP contribution in [-0.4, -0.2) is 25.1 Å². The van der Waals surface area contributed by atoms with Crippen LogP contribution in [0.1, 0.15) is 11.1 Å². The fraction of sp³-hybridized carbons (Fsp3) is 0.111. The molecular formula is C18H15FN6O. The van der Waals surface area contributed by atoms with E-state index < -0.39 is 5.82 Å². The molecule has 0 fully saturated rings. The van der Waals surface area contributed by atoms with E-state index >= 15 is 0 Å². The van der Waals surface area contributed by atoms with Gasteiger partial charge in [0.1, 0.15) is 5.82 Å². The first kappa shape index (κ1) is 15.9. The third kappa shape index (κ3) is 2.61. The van der Waals surface area contributed by atoms with Crippen LogP contribution in [0, 0.1) is 19.7 Å². The second-order valence-corrected chi connectivity index (χ2v) is 5.93. The average molecular weight is 350 g/mol. The Morgan fingerprint density at radius 3 is 2.73 bits per heavy atom. The predicted molar refractivity (Wildman–Crippen MR) is 93.9 cm³/mol. The predicted octanol–water partition coefficient (Wildman–Crippen LogP) is 3.32. The number of aryl methyl sites for hydroxylation is 2. The Hall–Kier alpha value is -3.55. The Bertz CT molecular complexity index is 1100. The van der Waals surface area contributed by atoms with Crippen molar-refractivity contribution in [3.63, 3.8) is 0 Å². The molecule has 0 atom stereocenters. The number of rotatable bonds is 3. The summed E-state index contributed by atoms with van der Waals surface area (Å²) in [4.78, 5) is 4.21. The van der Waals surface area contributed by atoms with Gasteiger partial charge in [-0.2, -0.15) is 9.67 Å². The summed E-state index contributed by atoms with van der Waals surface area (Å²) in [6.07, 6.45) is 0. The molecule has 130 valence electrons. The number of nitrogens with two attached hydrogens (primary N) is 1. The van der Waals surface area contributed by atoms with Crippen LogP contribution in [0.4, 0.5) is 10.2 Å². The molecule has 0 aliphatic heterocycles. The first-order valence-electron chi connectivity index (χ1n) is 7.92. The highest BCUT2D eigenvalue weighted by Gasteiger charge is 2.21. The second-order valence-electron chi connectivity index (χ2n) is 5.93. The molecule has 0 saturated heterocycles. The largest absolute Gasteiger partial charge is 0.382 e. The third-order valence-corrected chi connectivity index (χ3v) is 4.04. The Kier molecular flexibility index (Phi) is 3.72. The van der Waals surface area contributed by atoms with Gasteiger partial charge in [-0.3, -0.25) is 0 Å². The molecule has 0 radical (unpaired) electrons. The van der Waals surface area contributed by atoms with Crippen molar-refractivity contribution in [2.45, 2.75) is 13.8 Å². The molecule has 7 nitrogen and oxygen atoms in total. The number of halogens is 1. The van der Waals surface area contributed by atoms with Crippen LogP contribution in [0.5, 0.6) is 0 Å². The number of aromatic nitrogens is 5. The maximum Gasteiger partial charge on any atom is 0.282 e. The Morgan fingerprint density at radius 1 is 1.12 bits per heavy atom. The lowest BCUT2D eigenvalue weighted by atomic mass is 10.1. The van der Waals surface area contributed by atoms with Crippen molar-refractivity contribution in [1.82, 2.24) is 25.1 Å². The highest BCUT2D eigenvalue weighted by atomic mass is 19.1. The zero-order valence-corrected chi connectivity index (χ0v) is 14.1. The first-order valence-corrected chi connectivity index (χ1v) is 7.92. The van der Waals surface area contributed by atoms with E-state index in [0.29, 0.717) is 0 Å². The zero-order valence-electron chi connectivity index (χ0n) is 14.1. The molecule has 0 bridgehead atoms. The van der Waals surface area contributed by atoms with Gasteiger partial charge in [0, 0.05) is 0 Å². The van der Waals surface area contributed by atoms with Gasteiger partial charge in [0.05, 0.1) is 11.3 Å². The lowest BCUT2D eigenvalue weighted by molar-refractivity contribution is 0.430. The normalized spacial score (nSPS) is 11.0. The summed E-state index contributed by atoms with van der Waals surface area (Å²) in [6, 6.07) is 12.1. The molecule has 0 aliphatic carbocycles. The molecule has 0 saturated carbocycles. The molecule has 2 N–H and O–H groups in total. The minimum absolute atomic E-state index is 0.0808. The van der Waals surface area contributed by atoms with Gasteiger partial charge in [-0.1, -0.05) is 34.6 Å². The van der Waals surface area contributed by atoms with Crippen molar-refractivity contribution in [3.05, 3.63) is 59.4 Å². The molecule has 2 aromatic carbocycles. The van der Waals surface area contributed by atoms with Crippen molar-refractivity contribution in [2.24, 2.45) is 0 Å². The molecule has 2 aromatic heterocycles. The van der Waals surface area contributed by atoms with Gasteiger partial charge < -0.3 is 10.3 Å². The number of hydrogen-bond donors (Lipinski definition) is 1. The van der Waals surface area contributed by atoms with Crippen molar-refractivity contribution in [2.75, 3.05) is 5.73 Å². The van der Waals surface area contributed by atoms with Gasteiger partial charge in [0.25, 0.3) is 5.89 Å². The number of hydrogen-bond acceptors (Lipinski definition) is 6. The van der Waals surface area contributed by atoms with E-state index in [1.54, 1.807) is 18.2 Å². The Balaban J connectivity index is 1.76. The molecule has 0 spiro atoms. The maximum absolute atomic E-state index is 13.9. The van der Waals surface area contributed by atoms with E-state index in [-0.39, 0.29) is 28.8 Å². The number of nitrogen functional groups attached to an aromatic ring is 1. The molecule has 0 amide bonds. The van der Waals surface area contributed by atoms with E-state index in [0.717, 1.165) is 16.8 Å². The fourth-order valence-electron chi connectivity index (χ4n) is 2.64. The first-order chi connectivity index (χ1) is 12.5. The minimum atomic E-state index is -0.438. The molecule has 8 heteroatoms. The average Bonchev–Trinajstić information content (AvgIpc) is 3.24. The summed E-state index contributed by atoms with van der Waals surface area (Å²) in [5.41, 5.74) is 9.57. The van der Waals surface area contributed by atoms with Crippen LogP contribution in [0.2, 0.25) is 0 Å².